The number of anilines is 1. The molecular weight excluding hydrogens is 334 g/mol. The number of nitrogens with two attached hydrogens (primary N) is 1. The third-order valence-electron chi connectivity index (χ3n) is 5.05. The van der Waals surface area contributed by atoms with Crippen molar-refractivity contribution < 1.29 is 9.59 Å². The predicted octanol–water partition coefficient (Wildman–Crippen LogP) is 2.83. The zero-order valence-corrected chi connectivity index (χ0v) is 15.3. The van der Waals surface area contributed by atoms with Crippen molar-refractivity contribution in [3.8, 4) is 0 Å². The molecule has 2 aliphatic rings. The Balaban J connectivity index is 1.68. The van der Waals surface area contributed by atoms with Gasteiger partial charge < -0.3 is 16.4 Å². The highest BCUT2D eigenvalue weighted by atomic mass is 32.2. The maximum absolute atomic E-state index is 12.5. The third-order valence-corrected chi connectivity index (χ3v) is 6.34. The van der Waals surface area contributed by atoms with Crippen molar-refractivity contribution in [2.45, 2.75) is 49.8 Å². The molecule has 1 saturated heterocycles. The molecule has 136 valence electrons. The molecule has 0 aromatic heterocycles. The molecule has 1 saturated carbocycles. The van der Waals surface area contributed by atoms with Crippen LogP contribution >= 0.6 is 11.8 Å². The molecule has 0 bridgehead atoms. The van der Waals surface area contributed by atoms with Crippen LogP contribution in [0.2, 0.25) is 0 Å². The van der Waals surface area contributed by atoms with Crippen LogP contribution < -0.4 is 16.4 Å². The summed E-state index contributed by atoms with van der Waals surface area (Å²) in [7, 11) is 0. The van der Waals surface area contributed by atoms with Crippen LogP contribution in [0.5, 0.6) is 0 Å². The lowest BCUT2D eigenvalue weighted by molar-refractivity contribution is -0.121. The number of hydrogen-bond donors (Lipinski definition) is 3. The van der Waals surface area contributed by atoms with E-state index in [1.165, 1.54) is 6.42 Å². The lowest BCUT2D eigenvalue weighted by Crippen LogP contribution is -2.40. The number of amides is 2. The van der Waals surface area contributed by atoms with Crippen molar-refractivity contribution in [1.29, 1.82) is 0 Å². The fourth-order valence-electron chi connectivity index (χ4n) is 3.57. The van der Waals surface area contributed by atoms with E-state index in [4.69, 9.17) is 5.73 Å². The molecule has 2 amide bonds. The molecule has 3 rings (SSSR count). The minimum absolute atomic E-state index is 0.00806. The summed E-state index contributed by atoms with van der Waals surface area (Å²) in [5.74, 6) is 1.13. The topological polar surface area (TPSA) is 84.2 Å². The number of hydrogen-bond acceptors (Lipinski definition) is 4. The molecular formula is C19H27N3O2S. The van der Waals surface area contributed by atoms with Crippen LogP contribution in [0.1, 0.15) is 49.3 Å². The van der Waals surface area contributed by atoms with E-state index in [1.807, 2.05) is 24.3 Å². The first kappa shape index (κ1) is 18.3. The quantitative estimate of drug-likeness (QED) is 0.770. The highest BCUT2D eigenvalue weighted by molar-refractivity contribution is 8.00. The maximum Gasteiger partial charge on any atom is 0.237 e. The van der Waals surface area contributed by atoms with Crippen LogP contribution in [-0.4, -0.2) is 30.2 Å². The highest BCUT2D eigenvalue weighted by Gasteiger charge is 2.27. The van der Waals surface area contributed by atoms with Crippen LogP contribution in [0, 0.1) is 5.92 Å². The zero-order chi connectivity index (χ0) is 17.6. The van der Waals surface area contributed by atoms with Gasteiger partial charge in [0.2, 0.25) is 11.8 Å². The first-order valence-electron chi connectivity index (χ1n) is 9.20. The average molecular weight is 362 g/mol. The monoisotopic (exact) mass is 361 g/mol. The van der Waals surface area contributed by atoms with Gasteiger partial charge in [0.1, 0.15) is 5.25 Å². The SMILES string of the molecule is NC[C@@H]1CCS[C@H](c2cccc(NC(=O)C3CCCCC3)c2)C(=O)N1. The number of thioether (sulfide) groups is 1. The molecule has 1 aromatic carbocycles. The van der Waals surface area contributed by atoms with Crippen LogP contribution in [-0.2, 0) is 9.59 Å². The molecule has 1 aromatic rings. The lowest BCUT2D eigenvalue weighted by Gasteiger charge is -2.21. The molecule has 2 atom stereocenters. The van der Waals surface area contributed by atoms with E-state index in [2.05, 4.69) is 10.6 Å². The van der Waals surface area contributed by atoms with Gasteiger partial charge in [-0.3, -0.25) is 9.59 Å². The minimum atomic E-state index is -0.247. The summed E-state index contributed by atoms with van der Waals surface area (Å²) >= 11 is 1.64. The second-order valence-electron chi connectivity index (χ2n) is 6.93. The number of carbonyl (C=O) groups is 2. The van der Waals surface area contributed by atoms with Crippen molar-refractivity contribution in [3.05, 3.63) is 29.8 Å². The van der Waals surface area contributed by atoms with Crippen molar-refractivity contribution in [3.63, 3.8) is 0 Å². The molecule has 5 nitrogen and oxygen atoms in total. The Morgan fingerprint density at radius 2 is 2.04 bits per heavy atom. The summed E-state index contributed by atoms with van der Waals surface area (Å²) in [6, 6.07) is 7.74. The van der Waals surface area contributed by atoms with Gasteiger partial charge in [0.15, 0.2) is 0 Å². The van der Waals surface area contributed by atoms with Gasteiger partial charge in [0.05, 0.1) is 0 Å². The number of carbonyl (C=O) groups excluding carboxylic acids is 2. The van der Waals surface area contributed by atoms with E-state index >= 15 is 0 Å². The Morgan fingerprint density at radius 1 is 1.24 bits per heavy atom. The van der Waals surface area contributed by atoms with Gasteiger partial charge in [-0.1, -0.05) is 31.4 Å². The van der Waals surface area contributed by atoms with Crippen molar-refractivity contribution >= 4 is 29.3 Å². The summed E-state index contributed by atoms with van der Waals surface area (Å²) in [4.78, 5) is 24.9. The first-order chi connectivity index (χ1) is 12.2. The van der Waals surface area contributed by atoms with Gasteiger partial charge in [-0.05, 0) is 42.7 Å². The molecule has 1 heterocycles. The molecule has 1 aliphatic heterocycles. The molecule has 0 spiro atoms. The predicted molar refractivity (Wildman–Crippen MR) is 102 cm³/mol. The number of nitrogens with one attached hydrogen (secondary N) is 2. The third kappa shape index (κ3) is 4.76. The smallest absolute Gasteiger partial charge is 0.237 e. The summed E-state index contributed by atoms with van der Waals surface area (Å²) in [5.41, 5.74) is 7.41. The Morgan fingerprint density at radius 3 is 2.80 bits per heavy atom. The van der Waals surface area contributed by atoms with E-state index in [0.29, 0.717) is 6.54 Å². The fraction of sp³-hybridized carbons (Fsp3) is 0.579. The van der Waals surface area contributed by atoms with Crippen LogP contribution in [0.15, 0.2) is 24.3 Å². The maximum atomic E-state index is 12.5. The molecule has 0 unspecified atom stereocenters. The minimum Gasteiger partial charge on any atom is -0.351 e. The van der Waals surface area contributed by atoms with Gasteiger partial charge in [0.25, 0.3) is 0 Å². The Kier molecular flexibility index (Phi) is 6.37. The van der Waals surface area contributed by atoms with E-state index in [1.54, 1.807) is 11.8 Å². The molecule has 0 radical (unpaired) electrons. The molecule has 2 fully saturated rings. The number of benzene rings is 1. The van der Waals surface area contributed by atoms with Gasteiger partial charge in [-0.15, -0.1) is 11.8 Å². The number of rotatable bonds is 4. The van der Waals surface area contributed by atoms with E-state index in [-0.39, 0.29) is 29.0 Å². The Hall–Kier alpha value is -1.53. The van der Waals surface area contributed by atoms with Crippen LogP contribution in [0.25, 0.3) is 0 Å². The van der Waals surface area contributed by atoms with Crippen molar-refractivity contribution in [2.24, 2.45) is 11.7 Å². The second-order valence-corrected chi connectivity index (χ2v) is 8.14. The largest absolute Gasteiger partial charge is 0.351 e. The zero-order valence-electron chi connectivity index (χ0n) is 14.5. The standard InChI is InChI=1S/C19H27N3O2S/c20-12-16-9-10-25-17(19(24)22-16)14-7-4-8-15(11-14)21-18(23)13-5-2-1-3-6-13/h4,7-8,11,13,16-17H,1-3,5-6,9-10,12,20H2,(H,21,23)(H,22,24)/t16-,17+/m0/s1. The van der Waals surface area contributed by atoms with Crippen LogP contribution in [0.3, 0.4) is 0 Å². The normalized spacial score (nSPS) is 25.1. The van der Waals surface area contributed by atoms with Gasteiger partial charge >= 0.3 is 0 Å². The molecule has 4 N–H and O–H groups in total. The first-order valence-corrected chi connectivity index (χ1v) is 10.2. The Labute approximate surface area is 153 Å². The molecule has 25 heavy (non-hydrogen) atoms. The lowest BCUT2D eigenvalue weighted by atomic mass is 9.88. The van der Waals surface area contributed by atoms with Crippen molar-refractivity contribution in [1.82, 2.24) is 5.32 Å². The fourth-order valence-corrected chi connectivity index (χ4v) is 4.78. The van der Waals surface area contributed by atoms with Gasteiger partial charge in [-0.2, -0.15) is 0 Å². The Bertz CT molecular complexity index is 616. The average Bonchev–Trinajstić information content (AvgIpc) is 2.83. The summed E-state index contributed by atoms with van der Waals surface area (Å²) in [6.07, 6.45) is 6.36. The van der Waals surface area contributed by atoms with Gasteiger partial charge in [0, 0.05) is 24.2 Å². The van der Waals surface area contributed by atoms with E-state index in [0.717, 1.165) is 49.1 Å². The summed E-state index contributed by atoms with van der Waals surface area (Å²) in [6.45, 7) is 0.469. The highest BCUT2D eigenvalue weighted by Crippen LogP contribution is 2.33. The summed E-state index contributed by atoms with van der Waals surface area (Å²) < 4.78 is 0. The van der Waals surface area contributed by atoms with Crippen molar-refractivity contribution in [2.75, 3.05) is 17.6 Å². The molecule has 6 heteroatoms. The second kappa shape index (κ2) is 8.72. The summed E-state index contributed by atoms with van der Waals surface area (Å²) in [5, 5.41) is 5.81. The molecule has 1 aliphatic carbocycles. The van der Waals surface area contributed by atoms with Gasteiger partial charge in [-0.25, -0.2) is 0 Å². The van der Waals surface area contributed by atoms with Crippen LogP contribution in [0.4, 0.5) is 5.69 Å². The van der Waals surface area contributed by atoms with E-state index in [9.17, 15) is 9.59 Å². The van der Waals surface area contributed by atoms with E-state index < -0.39 is 0 Å².